The topological polar surface area (TPSA) is 27.7 Å². The number of hydrogen-bond acceptors (Lipinski definition) is 3. The first-order valence-electron chi connectivity index (χ1n) is 12.8. The second-order valence-corrected chi connectivity index (χ2v) is 11.3. The molecule has 198 valence electrons. The number of benzene rings is 1. The molecule has 34 heavy (non-hydrogen) atoms. The van der Waals surface area contributed by atoms with Crippen molar-refractivity contribution in [1.29, 1.82) is 0 Å². The Labute approximate surface area is 202 Å². The van der Waals surface area contributed by atoms with E-state index < -0.39 is 43.5 Å². The van der Waals surface area contributed by atoms with Gasteiger partial charge in [0.1, 0.15) is 0 Å². The molecule has 0 saturated heterocycles. The number of hydrogen-bond donors (Lipinski definition) is 0. The Kier molecular flexibility index (Phi) is 15.9. The Hall–Kier alpha value is -1.03. The normalized spacial score (nSPS) is 12.0. The Morgan fingerprint density at radius 2 is 0.853 bits per heavy atom. The molecule has 1 rings (SSSR count). The summed E-state index contributed by atoms with van der Waals surface area (Å²) in [7, 11) is -2.64. The first-order valence-corrected chi connectivity index (χ1v) is 14.7. The molecule has 0 saturated carbocycles. The zero-order valence-electron chi connectivity index (χ0n) is 20.9. The summed E-state index contributed by atoms with van der Waals surface area (Å²) >= 11 is 0. The van der Waals surface area contributed by atoms with Crippen molar-refractivity contribution in [3.05, 3.63) is 34.6 Å². The Morgan fingerprint density at radius 3 is 1.26 bits per heavy atom. The summed E-state index contributed by atoms with van der Waals surface area (Å²) < 4.78 is 85.3. The molecule has 0 amide bonds. The zero-order valence-corrected chi connectivity index (χ0v) is 21.9. The highest BCUT2D eigenvalue weighted by Crippen LogP contribution is 2.25. The SMILES string of the molecule is CCCO[Si](CCCCCCCCCCc1c(F)c(F)c(F)c(F)c1F)(OCCC)OCCC. The Morgan fingerprint density at radius 1 is 0.500 bits per heavy atom. The molecule has 0 N–H and O–H groups in total. The summed E-state index contributed by atoms with van der Waals surface area (Å²) in [5.74, 6) is -9.29. The Bertz CT molecular complexity index is 655. The van der Waals surface area contributed by atoms with Gasteiger partial charge in [0.2, 0.25) is 5.82 Å². The lowest BCUT2D eigenvalue weighted by Gasteiger charge is -2.29. The molecule has 0 atom stereocenters. The summed E-state index contributed by atoms with van der Waals surface area (Å²) in [4.78, 5) is 0. The number of unbranched alkanes of at least 4 members (excludes halogenated alkanes) is 7. The van der Waals surface area contributed by atoms with Crippen molar-refractivity contribution in [1.82, 2.24) is 0 Å². The van der Waals surface area contributed by atoms with Gasteiger partial charge in [0, 0.05) is 31.4 Å². The lowest BCUT2D eigenvalue weighted by Crippen LogP contribution is -2.46. The summed E-state index contributed by atoms with van der Waals surface area (Å²) in [6.45, 7) is 8.14. The third-order valence-corrected chi connectivity index (χ3v) is 8.44. The van der Waals surface area contributed by atoms with Gasteiger partial charge < -0.3 is 13.3 Å². The molecule has 0 heterocycles. The van der Waals surface area contributed by atoms with E-state index in [4.69, 9.17) is 13.3 Å². The Balaban J connectivity index is 2.30. The molecule has 0 radical (unpaired) electrons. The number of halogens is 5. The monoisotopic (exact) mass is 512 g/mol. The van der Waals surface area contributed by atoms with Crippen LogP contribution in [0.4, 0.5) is 22.0 Å². The van der Waals surface area contributed by atoms with Crippen LogP contribution in [0.5, 0.6) is 0 Å². The quantitative estimate of drug-likeness (QED) is 0.0579. The van der Waals surface area contributed by atoms with Crippen LogP contribution in [0.15, 0.2) is 0 Å². The van der Waals surface area contributed by atoms with Crippen LogP contribution in [0, 0.1) is 29.1 Å². The maximum Gasteiger partial charge on any atom is 0.500 e. The van der Waals surface area contributed by atoms with Gasteiger partial charge >= 0.3 is 8.80 Å². The van der Waals surface area contributed by atoms with Crippen LogP contribution in [0.3, 0.4) is 0 Å². The second kappa shape index (κ2) is 17.4. The van der Waals surface area contributed by atoms with Gasteiger partial charge in [0.15, 0.2) is 23.3 Å². The highest BCUT2D eigenvalue weighted by atomic mass is 28.4. The second-order valence-electron chi connectivity index (χ2n) is 8.61. The fraction of sp³-hybridized carbons (Fsp3) is 0.760. The molecular formula is C25H41F5O3Si. The summed E-state index contributed by atoms with van der Waals surface area (Å²) in [6, 6.07) is 0.814. The molecule has 0 spiro atoms. The predicted octanol–water partition coefficient (Wildman–Crippen LogP) is 8.26. The fourth-order valence-electron chi connectivity index (χ4n) is 3.69. The van der Waals surface area contributed by atoms with Gasteiger partial charge in [-0.3, -0.25) is 0 Å². The van der Waals surface area contributed by atoms with Gasteiger partial charge in [-0.2, -0.15) is 0 Å². The molecule has 0 bridgehead atoms. The van der Waals surface area contributed by atoms with Gasteiger partial charge in [0.25, 0.3) is 0 Å². The van der Waals surface area contributed by atoms with Gasteiger partial charge in [-0.15, -0.1) is 0 Å². The lowest BCUT2D eigenvalue weighted by molar-refractivity contribution is 0.0586. The van der Waals surface area contributed by atoms with Crippen molar-refractivity contribution >= 4 is 8.80 Å². The molecule has 0 aliphatic rings. The van der Waals surface area contributed by atoms with Crippen molar-refractivity contribution in [2.45, 2.75) is 104 Å². The molecule has 0 fully saturated rings. The minimum absolute atomic E-state index is 0.161. The van der Waals surface area contributed by atoms with E-state index in [0.29, 0.717) is 32.7 Å². The van der Waals surface area contributed by atoms with Crippen molar-refractivity contribution < 1.29 is 35.2 Å². The maximum absolute atomic E-state index is 13.7. The van der Waals surface area contributed by atoms with Crippen molar-refractivity contribution in [2.75, 3.05) is 19.8 Å². The highest BCUT2D eigenvalue weighted by Gasteiger charge is 2.40. The predicted molar refractivity (Wildman–Crippen MR) is 126 cm³/mol. The maximum atomic E-state index is 13.7. The molecule has 9 heteroatoms. The molecule has 1 aromatic carbocycles. The van der Waals surface area contributed by atoms with Gasteiger partial charge in [-0.1, -0.05) is 59.3 Å². The van der Waals surface area contributed by atoms with Crippen LogP contribution in [-0.4, -0.2) is 28.6 Å². The van der Waals surface area contributed by atoms with Gasteiger partial charge in [-0.25, -0.2) is 22.0 Å². The van der Waals surface area contributed by atoms with E-state index in [1.165, 1.54) is 0 Å². The minimum Gasteiger partial charge on any atom is -0.373 e. The number of rotatable bonds is 20. The first kappa shape index (κ1) is 31.0. The van der Waals surface area contributed by atoms with Gasteiger partial charge in [-0.05, 0) is 38.5 Å². The lowest BCUT2D eigenvalue weighted by atomic mass is 10.0. The third-order valence-electron chi connectivity index (χ3n) is 5.54. The first-order chi connectivity index (χ1) is 16.3. The van der Waals surface area contributed by atoms with E-state index in [0.717, 1.165) is 63.8 Å². The van der Waals surface area contributed by atoms with E-state index in [-0.39, 0.29) is 6.42 Å². The summed E-state index contributed by atoms with van der Waals surface area (Å²) in [5, 5.41) is 0. The van der Waals surface area contributed by atoms with Crippen LogP contribution < -0.4 is 0 Å². The van der Waals surface area contributed by atoms with Crippen LogP contribution in [0.25, 0.3) is 0 Å². The average molecular weight is 513 g/mol. The van der Waals surface area contributed by atoms with E-state index in [9.17, 15) is 22.0 Å². The van der Waals surface area contributed by atoms with E-state index in [1.807, 2.05) is 0 Å². The van der Waals surface area contributed by atoms with Crippen molar-refractivity contribution in [2.24, 2.45) is 0 Å². The minimum atomic E-state index is -2.64. The zero-order chi connectivity index (χ0) is 25.4. The third kappa shape index (κ3) is 10.3. The average Bonchev–Trinajstić information content (AvgIpc) is 2.85. The molecule has 0 aromatic heterocycles. The molecule has 1 aromatic rings. The standard InChI is InChI=1S/C25H41F5O3Si/c1-4-16-31-34(32-17-5-2,33-18-6-3)19-14-12-10-8-7-9-11-13-15-20-21(26)23(28)25(30)24(29)22(20)27/h4-19H2,1-3H3. The highest BCUT2D eigenvalue weighted by molar-refractivity contribution is 6.60. The summed E-state index contributed by atoms with van der Waals surface area (Å²) in [6.07, 6.45) is 9.57. The van der Waals surface area contributed by atoms with E-state index >= 15 is 0 Å². The van der Waals surface area contributed by atoms with Crippen LogP contribution in [0.1, 0.15) is 97.0 Å². The molecule has 0 aliphatic carbocycles. The van der Waals surface area contributed by atoms with E-state index in [2.05, 4.69) is 20.8 Å². The fourth-order valence-corrected chi connectivity index (χ4v) is 6.60. The van der Waals surface area contributed by atoms with Crippen molar-refractivity contribution in [3.8, 4) is 0 Å². The van der Waals surface area contributed by atoms with Crippen LogP contribution in [0.2, 0.25) is 6.04 Å². The molecule has 3 nitrogen and oxygen atoms in total. The summed E-state index contributed by atoms with van der Waals surface area (Å²) in [5.41, 5.74) is -0.718. The van der Waals surface area contributed by atoms with E-state index in [1.54, 1.807) is 0 Å². The molecular weight excluding hydrogens is 471 g/mol. The van der Waals surface area contributed by atoms with Crippen molar-refractivity contribution in [3.63, 3.8) is 0 Å². The molecule has 0 aliphatic heterocycles. The van der Waals surface area contributed by atoms with Crippen LogP contribution in [-0.2, 0) is 19.7 Å². The van der Waals surface area contributed by atoms with Crippen LogP contribution >= 0.6 is 0 Å². The largest absolute Gasteiger partial charge is 0.500 e. The smallest absolute Gasteiger partial charge is 0.373 e. The van der Waals surface area contributed by atoms with Gasteiger partial charge in [0.05, 0.1) is 0 Å². The molecule has 0 unspecified atom stereocenters.